The Morgan fingerprint density at radius 1 is 0.700 bits per heavy atom. The molecule has 3 atom stereocenters. The van der Waals surface area contributed by atoms with Gasteiger partial charge >= 0.3 is 0 Å². The van der Waals surface area contributed by atoms with Gasteiger partial charge in [0.1, 0.15) is 11.5 Å². The first-order valence-corrected chi connectivity index (χ1v) is 17.5. The summed E-state index contributed by atoms with van der Waals surface area (Å²) in [5.74, 6) is 4.09. The Morgan fingerprint density at radius 3 is 2.02 bits per heavy atom. The monoisotopic (exact) mass is 680 g/mol. The SMILES string of the molecule is C.COc1ccc2c(c1)CCN1C(C3CCC3)c3cc(OC)c(O)cc3C[C@@H]21.COc1ccc2c(c1)CCN[C@H]2Cc1ccc(OC)c(O)c1. The number of hydrogen-bond donors (Lipinski definition) is 3. The highest BCUT2D eigenvalue weighted by molar-refractivity contribution is 5.51. The summed E-state index contributed by atoms with van der Waals surface area (Å²) in [5.41, 5.74) is 9.19. The lowest BCUT2D eigenvalue weighted by Gasteiger charge is -2.51. The first-order valence-electron chi connectivity index (χ1n) is 17.5. The van der Waals surface area contributed by atoms with Gasteiger partial charge < -0.3 is 34.5 Å². The Labute approximate surface area is 297 Å². The van der Waals surface area contributed by atoms with Crippen LogP contribution in [0, 0.1) is 5.92 Å². The number of methoxy groups -OCH3 is 4. The normalized spacial score (nSPS) is 20.6. The van der Waals surface area contributed by atoms with E-state index in [0.717, 1.165) is 55.8 Å². The third-order valence-corrected chi connectivity index (χ3v) is 11.1. The minimum absolute atomic E-state index is 0. The van der Waals surface area contributed by atoms with Gasteiger partial charge in [0.15, 0.2) is 23.0 Å². The van der Waals surface area contributed by atoms with Crippen LogP contribution >= 0.6 is 0 Å². The topological polar surface area (TPSA) is 92.7 Å². The van der Waals surface area contributed by atoms with Crippen molar-refractivity contribution in [3.8, 4) is 34.5 Å². The van der Waals surface area contributed by atoms with Gasteiger partial charge in [-0.15, -0.1) is 0 Å². The molecule has 8 rings (SSSR count). The molecule has 4 aromatic carbocycles. The van der Waals surface area contributed by atoms with Gasteiger partial charge in [0, 0.05) is 24.7 Å². The fourth-order valence-electron chi connectivity index (χ4n) is 8.34. The third-order valence-electron chi connectivity index (χ3n) is 11.1. The summed E-state index contributed by atoms with van der Waals surface area (Å²) in [4.78, 5) is 2.72. The van der Waals surface area contributed by atoms with E-state index in [4.69, 9.17) is 18.9 Å². The summed E-state index contributed by atoms with van der Waals surface area (Å²) < 4.78 is 21.3. The van der Waals surface area contributed by atoms with Crippen molar-refractivity contribution < 1.29 is 29.2 Å². The second-order valence-electron chi connectivity index (χ2n) is 13.7. The molecule has 266 valence electrons. The zero-order valence-electron chi connectivity index (χ0n) is 29.0. The lowest BCUT2D eigenvalue weighted by Crippen LogP contribution is -2.46. The number of hydrogen-bond acceptors (Lipinski definition) is 8. The number of nitrogens with one attached hydrogen (secondary N) is 1. The van der Waals surface area contributed by atoms with Gasteiger partial charge in [0.05, 0.1) is 28.4 Å². The predicted octanol–water partition coefficient (Wildman–Crippen LogP) is 7.88. The van der Waals surface area contributed by atoms with Gasteiger partial charge in [-0.2, -0.15) is 0 Å². The molecule has 3 heterocycles. The molecule has 4 aromatic rings. The summed E-state index contributed by atoms with van der Waals surface area (Å²) in [6, 6.07) is 23.5. The fourth-order valence-corrected chi connectivity index (χ4v) is 8.34. The second kappa shape index (κ2) is 15.2. The largest absolute Gasteiger partial charge is 0.504 e. The highest BCUT2D eigenvalue weighted by Gasteiger charge is 2.43. The van der Waals surface area contributed by atoms with Crippen molar-refractivity contribution in [1.29, 1.82) is 0 Å². The van der Waals surface area contributed by atoms with E-state index in [0.29, 0.717) is 29.5 Å². The van der Waals surface area contributed by atoms with Crippen molar-refractivity contribution in [2.45, 2.75) is 70.5 Å². The van der Waals surface area contributed by atoms with Crippen molar-refractivity contribution in [2.24, 2.45) is 5.92 Å². The maximum atomic E-state index is 10.4. The molecule has 8 nitrogen and oxygen atoms in total. The van der Waals surface area contributed by atoms with Crippen LogP contribution in [0.5, 0.6) is 34.5 Å². The Bertz CT molecular complexity index is 1800. The average molecular weight is 681 g/mol. The summed E-state index contributed by atoms with van der Waals surface area (Å²) >= 11 is 0. The van der Waals surface area contributed by atoms with Crippen molar-refractivity contribution in [1.82, 2.24) is 10.2 Å². The molecule has 0 amide bonds. The highest BCUT2D eigenvalue weighted by Crippen LogP contribution is 2.53. The minimum Gasteiger partial charge on any atom is -0.504 e. The predicted molar refractivity (Wildman–Crippen MR) is 197 cm³/mol. The van der Waals surface area contributed by atoms with Crippen molar-refractivity contribution >= 4 is 0 Å². The number of aromatic hydroxyl groups is 2. The van der Waals surface area contributed by atoms with Gasteiger partial charge in [-0.1, -0.05) is 32.0 Å². The smallest absolute Gasteiger partial charge is 0.160 e. The number of benzene rings is 4. The molecule has 0 radical (unpaired) electrons. The molecule has 3 aliphatic heterocycles. The molecule has 1 unspecified atom stereocenters. The van der Waals surface area contributed by atoms with E-state index >= 15 is 0 Å². The lowest BCUT2D eigenvalue weighted by molar-refractivity contribution is 0.0379. The van der Waals surface area contributed by atoms with Gasteiger partial charge in [0.2, 0.25) is 0 Å². The van der Waals surface area contributed by atoms with E-state index < -0.39 is 0 Å². The molecule has 3 N–H and O–H groups in total. The molecule has 0 saturated heterocycles. The third kappa shape index (κ3) is 6.83. The van der Waals surface area contributed by atoms with Gasteiger partial charge in [-0.3, -0.25) is 4.90 Å². The van der Waals surface area contributed by atoms with E-state index in [2.05, 4.69) is 46.6 Å². The van der Waals surface area contributed by atoms with E-state index in [1.54, 1.807) is 34.5 Å². The van der Waals surface area contributed by atoms with E-state index in [1.807, 2.05) is 24.3 Å². The minimum atomic E-state index is 0. The number of phenolic OH excluding ortho intramolecular Hbond substituents is 2. The Kier molecular flexibility index (Phi) is 10.8. The standard InChI is InChI=1S/C23H27NO3.C18H21NO3.CH4/c1-26-17-6-7-18-15(10-17)8-9-24-20(18)11-16-12-21(25)22(27-2)13-19(16)23(24)14-4-3-5-14;1-21-14-4-5-15-13(11-14)7-8-19-16(15)9-12-3-6-18(22-2)17(20)10-12;/h6-7,10,12-14,20,23,25H,3-5,8-9,11H2,1-2H3;3-6,10-11,16,19-20H,7-9H2,1-2H3;1H4/t20-,23?;16-;/m00./s1. The maximum absolute atomic E-state index is 10.4. The van der Waals surface area contributed by atoms with Crippen LogP contribution in [0.3, 0.4) is 0 Å². The molecule has 1 saturated carbocycles. The van der Waals surface area contributed by atoms with Crippen LogP contribution < -0.4 is 24.3 Å². The van der Waals surface area contributed by atoms with E-state index in [-0.39, 0.29) is 25.0 Å². The summed E-state index contributed by atoms with van der Waals surface area (Å²) in [6.07, 6.45) is 7.77. The second-order valence-corrected chi connectivity index (χ2v) is 13.7. The molecule has 0 spiro atoms. The van der Waals surface area contributed by atoms with Crippen molar-refractivity contribution in [2.75, 3.05) is 41.5 Å². The van der Waals surface area contributed by atoms with Crippen LogP contribution in [0.2, 0.25) is 0 Å². The van der Waals surface area contributed by atoms with E-state index in [1.165, 1.54) is 52.6 Å². The molecule has 4 aliphatic rings. The zero-order valence-corrected chi connectivity index (χ0v) is 29.0. The van der Waals surface area contributed by atoms with Gasteiger partial charge in [0.25, 0.3) is 0 Å². The van der Waals surface area contributed by atoms with Crippen molar-refractivity contribution in [3.05, 3.63) is 106 Å². The lowest BCUT2D eigenvalue weighted by atomic mass is 9.70. The van der Waals surface area contributed by atoms with E-state index in [9.17, 15) is 10.2 Å². The van der Waals surface area contributed by atoms with Crippen LogP contribution in [0.4, 0.5) is 0 Å². The van der Waals surface area contributed by atoms with Crippen LogP contribution in [-0.2, 0) is 25.7 Å². The molecule has 50 heavy (non-hydrogen) atoms. The number of phenols is 2. The molecule has 1 aliphatic carbocycles. The van der Waals surface area contributed by atoms with Gasteiger partial charge in [-0.25, -0.2) is 0 Å². The summed E-state index contributed by atoms with van der Waals surface area (Å²) in [5, 5.41) is 23.8. The molecule has 1 fully saturated rings. The Morgan fingerprint density at radius 2 is 1.38 bits per heavy atom. The quantitative estimate of drug-likeness (QED) is 0.182. The number of nitrogens with zero attached hydrogens (tertiary/aromatic N) is 1. The zero-order chi connectivity index (χ0) is 34.1. The molecule has 0 bridgehead atoms. The van der Waals surface area contributed by atoms with Crippen LogP contribution in [0.25, 0.3) is 0 Å². The van der Waals surface area contributed by atoms with Gasteiger partial charge in [-0.05, 0) is 138 Å². The number of rotatable bonds is 7. The Balaban J connectivity index is 0.000000173. The summed E-state index contributed by atoms with van der Waals surface area (Å²) in [6.45, 7) is 2.03. The molecule has 0 aromatic heterocycles. The van der Waals surface area contributed by atoms with Crippen molar-refractivity contribution in [3.63, 3.8) is 0 Å². The van der Waals surface area contributed by atoms with Crippen LogP contribution in [0.1, 0.15) is 83.8 Å². The maximum Gasteiger partial charge on any atom is 0.160 e. The highest BCUT2D eigenvalue weighted by atomic mass is 16.5. The first-order chi connectivity index (χ1) is 23.9. The van der Waals surface area contributed by atoms with Crippen LogP contribution in [-0.4, -0.2) is 56.6 Å². The number of ether oxygens (including phenoxy) is 4. The molecular formula is C42H52N2O6. The number of fused-ring (bicyclic) bond motifs is 5. The van der Waals surface area contributed by atoms with Crippen LogP contribution in [0.15, 0.2) is 66.7 Å². The molecule has 8 heteroatoms. The average Bonchev–Trinajstić information content (AvgIpc) is 3.10. The molecular weight excluding hydrogens is 628 g/mol. The summed E-state index contributed by atoms with van der Waals surface area (Å²) in [7, 11) is 6.62. The fraction of sp³-hybridized carbons (Fsp3) is 0.429. The first kappa shape index (κ1) is 35.4. The Hall–Kier alpha value is -4.40.